The van der Waals surface area contributed by atoms with Crippen molar-refractivity contribution in [1.82, 2.24) is 15.3 Å². The minimum atomic E-state index is 0.359. The van der Waals surface area contributed by atoms with Crippen LogP contribution >= 0.6 is 35.4 Å². The van der Waals surface area contributed by atoms with Crippen LogP contribution in [0.25, 0.3) is 22.2 Å². The number of aromatic nitrogens is 2. The van der Waals surface area contributed by atoms with Gasteiger partial charge in [0.05, 0.1) is 5.52 Å². The summed E-state index contributed by atoms with van der Waals surface area (Å²) in [5.74, 6) is 0.725. The molecule has 0 radical (unpaired) electrons. The first-order valence-electron chi connectivity index (χ1n) is 11.5. The lowest BCUT2D eigenvalue weighted by Crippen LogP contribution is -2.50. The number of anilines is 1. The summed E-state index contributed by atoms with van der Waals surface area (Å²) in [5, 5.41) is 4.79. The number of aromatic amines is 1. The van der Waals surface area contributed by atoms with E-state index >= 15 is 0 Å². The number of oxazole rings is 2. The average molecular weight is 522 g/mol. The SMILES string of the molecule is CC(C)c1cc(Cl)cc2[nH]c(=S)oc12.CC(C)c1cc(Cl)cc2nc(N3CCNC[C@@H]3C)oc12. The van der Waals surface area contributed by atoms with Gasteiger partial charge < -0.3 is 24.0 Å². The molecule has 1 aliphatic heterocycles. The van der Waals surface area contributed by atoms with Crippen LogP contribution in [-0.4, -0.2) is 35.6 Å². The van der Waals surface area contributed by atoms with Crippen LogP contribution in [0.3, 0.4) is 0 Å². The Bertz CT molecular complexity index is 1360. The summed E-state index contributed by atoms with van der Waals surface area (Å²) in [5.41, 5.74) is 5.60. The number of H-pyrrole nitrogens is 1. The molecule has 9 heteroatoms. The van der Waals surface area contributed by atoms with Gasteiger partial charge in [-0.05, 0) is 55.2 Å². The van der Waals surface area contributed by atoms with E-state index in [1.54, 1.807) is 0 Å². The van der Waals surface area contributed by atoms with Crippen molar-refractivity contribution in [1.29, 1.82) is 0 Å². The summed E-state index contributed by atoms with van der Waals surface area (Å²) in [6.45, 7) is 13.5. The average Bonchev–Trinajstić information content (AvgIpc) is 3.35. The van der Waals surface area contributed by atoms with Gasteiger partial charge in [-0.3, -0.25) is 0 Å². The number of piperazine rings is 1. The van der Waals surface area contributed by atoms with Crippen molar-refractivity contribution in [3.63, 3.8) is 0 Å². The predicted molar refractivity (Wildman–Crippen MR) is 143 cm³/mol. The highest BCUT2D eigenvalue weighted by atomic mass is 35.5. The first kappa shape index (κ1) is 25.0. The zero-order valence-electron chi connectivity index (χ0n) is 20.0. The number of rotatable bonds is 3. The second-order valence-corrected chi connectivity index (χ2v) is 10.5. The van der Waals surface area contributed by atoms with Crippen LogP contribution in [0.5, 0.6) is 0 Å². The Morgan fingerprint density at radius 2 is 1.65 bits per heavy atom. The fourth-order valence-electron chi connectivity index (χ4n) is 4.17. The van der Waals surface area contributed by atoms with Crippen LogP contribution in [0.4, 0.5) is 6.01 Å². The van der Waals surface area contributed by atoms with Gasteiger partial charge in [0.2, 0.25) is 0 Å². The highest BCUT2D eigenvalue weighted by Crippen LogP contribution is 2.33. The van der Waals surface area contributed by atoms with Crippen LogP contribution in [0.15, 0.2) is 33.1 Å². The van der Waals surface area contributed by atoms with Gasteiger partial charge in [0.25, 0.3) is 10.9 Å². The van der Waals surface area contributed by atoms with Gasteiger partial charge in [0.1, 0.15) is 5.52 Å². The highest BCUT2D eigenvalue weighted by Gasteiger charge is 2.24. The van der Waals surface area contributed by atoms with Gasteiger partial charge in [0.15, 0.2) is 11.2 Å². The number of benzene rings is 2. The quantitative estimate of drug-likeness (QED) is 0.270. The Labute approximate surface area is 214 Å². The molecule has 6 nitrogen and oxygen atoms in total. The smallest absolute Gasteiger partial charge is 0.298 e. The normalized spacial score (nSPS) is 16.5. The third-order valence-corrected chi connectivity index (χ3v) is 6.60. The number of hydrogen-bond acceptors (Lipinski definition) is 6. The lowest BCUT2D eigenvalue weighted by atomic mass is 10.0. The van der Waals surface area contributed by atoms with E-state index in [2.05, 4.69) is 54.8 Å². The molecule has 0 aliphatic carbocycles. The van der Waals surface area contributed by atoms with Crippen LogP contribution in [0.2, 0.25) is 10.0 Å². The van der Waals surface area contributed by atoms with Gasteiger partial charge >= 0.3 is 0 Å². The molecule has 2 aromatic carbocycles. The first-order valence-corrected chi connectivity index (χ1v) is 12.7. The Kier molecular flexibility index (Phi) is 7.57. The molecule has 3 heterocycles. The van der Waals surface area contributed by atoms with E-state index in [1.165, 1.54) is 0 Å². The topological polar surface area (TPSA) is 70.2 Å². The third kappa shape index (κ3) is 5.28. The van der Waals surface area contributed by atoms with Gasteiger partial charge in [-0.15, -0.1) is 0 Å². The molecule has 4 aromatic rings. The van der Waals surface area contributed by atoms with Crippen LogP contribution in [-0.2, 0) is 0 Å². The Morgan fingerprint density at radius 1 is 1.00 bits per heavy atom. The van der Waals surface area contributed by atoms with E-state index in [0.29, 0.717) is 33.8 Å². The molecule has 1 aliphatic rings. The maximum Gasteiger partial charge on any atom is 0.298 e. The van der Waals surface area contributed by atoms with Crippen molar-refractivity contribution in [3.8, 4) is 0 Å². The first-order chi connectivity index (χ1) is 16.1. The minimum Gasteiger partial charge on any atom is -0.429 e. The molecule has 5 rings (SSSR count). The second-order valence-electron chi connectivity index (χ2n) is 9.28. The van der Waals surface area contributed by atoms with Crippen molar-refractivity contribution in [3.05, 3.63) is 50.3 Å². The largest absolute Gasteiger partial charge is 0.429 e. The molecule has 0 spiro atoms. The van der Waals surface area contributed by atoms with E-state index in [4.69, 9.17) is 44.3 Å². The Balaban J connectivity index is 0.000000172. The van der Waals surface area contributed by atoms with Crippen molar-refractivity contribution in [2.45, 2.75) is 52.5 Å². The molecule has 0 unspecified atom stereocenters. The Hall–Kier alpha value is -2.06. The number of nitrogens with one attached hydrogen (secondary N) is 2. The van der Waals surface area contributed by atoms with Crippen molar-refractivity contribution in [2.75, 3.05) is 24.5 Å². The zero-order valence-corrected chi connectivity index (χ0v) is 22.4. The number of fused-ring (bicyclic) bond motifs is 2. The summed E-state index contributed by atoms with van der Waals surface area (Å²) in [4.78, 5) is 10.2. The van der Waals surface area contributed by atoms with E-state index in [-0.39, 0.29) is 0 Å². The molecule has 0 amide bonds. The standard InChI is InChI=1S/C15H20ClN3O.C10H10ClNOS/c1-9(2)12-6-11(16)7-13-14(12)20-15(18-13)19-5-4-17-8-10(19)3;1-5(2)7-3-6(11)4-8-9(7)13-10(14)12-8/h6-7,9-10,17H,4-5,8H2,1-3H3;3-5H,1-2H3,(H,12,14)/t10-;/m0./s1. The van der Waals surface area contributed by atoms with Crippen molar-refractivity contribution in [2.24, 2.45) is 0 Å². The maximum absolute atomic E-state index is 6.19. The minimum absolute atomic E-state index is 0.359. The van der Waals surface area contributed by atoms with E-state index < -0.39 is 0 Å². The third-order valence-electron chi connectivity index (χ3n) is 5.98. The van der Waals surface area contributed by atoms with Gasteiger partial charge in [-0.1, -0.05) is 50.9 Å². The lowest BCUT2D eigenvalue weighted by molar-refractivity contribution is 0.455. The van der Waals surface area contributed by atoms with E-state index in [0.717, 1.165) is 58.0 Å². The van der Waals surface area contributed by atoms with Gasteiger partial charge in [-0.2, -0.15) is 4.98 Å². The molecule has 1 saturated heterocycles. The molecule has 0 saturated carbocycles. The summed E-state index contributed by atoms with van der Waals surface area (Å²) in [6.07, 6.45) is 0. The van der Waals surface area contributed by atoms with Crippen LogP contribution in [0, 0.1) is 4.84 Å². The van der Waals surface area contributed by atoms with Crippen molar-refractivity contribution >= 4 is 63.6 Å². The van der Waals surface area contributed by atoms with Crippen LogP contribution in [0.1, 0.15) is 57.6 Å². The molecular weight excluding hydrogens is 491 g/mol. The predicted octanol–water partition coefficient (Wildman–Crippen LogP) is 7.67. The monoisotopic (exact) mass is 520 g/mol. The Morgan fingerprint density at radius 3 is 2.29 bits per heavy atom. The molecule has 1 fully saturated rings. The molecule has 182 valence electrons. The molecule has 34 heavy (non-hydrogen) atoms. The summed E-state index contributed by atoms with van der Waals surface area (Å²) in [7, 11) is 0. The molecule has 0 bridgehead atoms. The summed E-state index contributed by atoms with van der Waals surface area (Å²) < 4.78 is 11.5. The number of hydrogen-bond donors (Lipinski definition) is 2. The van der Waals surface area contributed by atoms with Crippen molar-refractivity contribution < 1.29 is 8.83 Å². The molecule has 1 atom stereocenters. The molecule has 2 N–H and O–H groups in total. The van der Waals surface area contributed by atoms with Crippen LogP contribution < -0.4 is 10.2 Å². The maximum atomic E-state index is 6.19. The molecular formula is C25H30Cl2N4O2S. The number of halogens is 2. The fourth-order valence-corrected chi connectivity index (χ4v) is 4.81. The fraction of sp³-hybridized carbons (Fsp3) is 0.440. The van der Waals surface area contributed by atoms with Gasteiger partial charge in [0, 0.05) is 46.8 Å². The summed E-state index contributed by atoms with van der Waals surface area (Å²) in [6, 6.07) is 8.68. The summed E-state index contributed by atoms with van der Waals surface area (Å²) >= 11 is 17.1. The molecule has 2 aromatic heterocycles. The van der Waals surface area contributed by atoms with E-state index in [1.807, 2.05) is 24.3 Å². The number of nitrogens with zero attached hydrogens (tertiary/aromatic N) is 2. The zero-order chi connectivity index (χ0) is 24.6. The second kappa shape index (κ2) is 10.3. The van der Waals surface area contributed by atoms with Gasteiger partial charge in [-0.25, -0.2) is 0 Å². The lowest BCUT2D eigenvalue weighted by Gasteiger charge is -2.32. The highest BCUT2D eigenvalue weighted by molar-refractivity contribution is 7.71. The van der Waals surface area contributed by atoms with E-state index in [9.17, 15) is 0 Å².